The summed E-state index contributed by atoms with van der Waals surface area (Å²) in [4.78, 5) is 8.97. The molecule has 0 radical (unpaired) electrons. The highest BCUT2D eigenvalue weighted by molar-refractivity contribution is 5.63. The number of aliphatic hydroxyl groups is 1. The quantitative estimate of drug-likeness (QED) is 0.877. The van der Waals surface area contributed by atoms with Crippen LogP contribution in [0.2, 0.25) is 0 Å². The van der Waals surface area contributed by atoms with Crippen LogP contribution in [0.25, 0.3) is 11.3 Å². The highest BCUT2D eigenvalue weighted by atomic mass is 16.3. The molecule has 0 saturated carbocycles. The van der Waals surface area contributed by atoms with Crippen molar-refractivity contribution < 1.29 is 5.11 Å². The molecule has 2 heterocycles. The summed E-state index contributed by atoms with van der Waals surface area (Å²) in [6.07, 6.45) is 6.33. The number of aliphatic hydroxyl groups excluding tert-OH is 1. The Balaban J connectivity index is 2.13. The monoisotopic (exact) mass is 240 g/mol. The molecule has 0 aromatic carbocycles. The van der Waals surface area contributed by atoms with Gasteiger partial charge in [0.25, 0.3) is 0 Å². The number of pyridine rings is 2. The Labute approximate surface area is 107 Å². The third-order valence-corrected chi connectivity index (χ3v) is 3.47. The first-order chi connectivity index (χ1) is 8.88. The predicted octanol–water partition coefficient (Wildman–Crippen LogP) is 2.51. The lowest BCUT2D eigenvalue weighted by Crippen LogP contribution is -2.09. The van der Waals surface area contributed by atoms with Crippen LogP contribution in [0.1, 0.15) is 29.8 Å². The van der Waals surface area contributed by atoms with Crippen molar-refractivity contribution in [1.82, 2.24) is 9.97 Å². The van der Waals surface area contributed by atoms with Gasteiger partial charge in [0, 0.05) is 17.5 Å². The Kier molecular flexibility index (Phi) is 3.07. The summed E-state index contributed by atoms with van der Waals surface area (Å²) >= 11 is 0. The summed E-state index contributed by atoms with van der Waals surface area (Å²) < 4.78 is 0. The predicted molar refractivity (Wildman–Crippen MR) is 70.0 cm³/mol. The number of hydrogen-bond donors (Lipinski definition) is 1. The van der Waals surface area contributed by atoms with Gasteiger partial charge in [0.05, 0.1) is 18.0 Å². The molecule has 0 atom stereocenters. The lowest BCUT2D eigenvalue weighted by Gasteiger charge is -2.17. The van der Waals surface area contributed by atoms with E-state index < -0.39 is 0 Å². The van der Waals surface area contributed by atoms with Crippen molar-refractivity contribution >= 4 is 0 Å². The van der Waals surface area contributed by atoms with Gasteiger partial charge in [0.1, 0.15) is 0 Å². The molecular formula is C15H16N2O. The molecule has 1 aliphatic rings. The summed E-state index contributed by atoms with van der Waals surface area (Å²) in [5.74, 6) is 0. The zero-order valence-electron chi connectivity index (χ0n) is 10.3. The molecule has 0 aliphatic heterocycles. The molecule has 3 nitrogen and oxygen atoms in total. The number of nitrogens with zero attached hydrogens (tertiary/aromatic N) is 2. The molecule has 1 aliphatic carbocycles. The normalized spacial score (nSPS) is 14.3. The molecule has 1 N–H and O–H groups in total. The second-order valence-corrected chi connectivity index (χ2v) is 4.67. The van der Waals surface area contributed by atoms with Crippen molar-refractivity contribution in [1.29, 1.82) is 0 Å². The van der Waals surface area contributed by atoms with Crippen molar-refractivity contribution in [2.75, 3.05) is 0 Å². The first kappa shape index (κ1) is 11.4. The summed E-state index contributed by atoms with van der Waals surface area (Å²) in [5.41, 5.74) is 5.08. The summed E-state index contributed by atoms with van der Waals surface area (Å²) in [5, 5.41) is 9.49. The van der Waals surface area contributed by atoms with Gasteiger partial charge < -0.3 is 5.11 Å². The lowest BCUT2D eigenvalue weighted by molar-refractivity contribution is 0.277. The Bertz CT molecular complexity index is 552. The van der Waals surface area contributed by atoms with Crippen molar-refractivity contribution in [3.8, 4) is 11.3 Å². The minimum absolute atomic E-state index is 0.0286. The van der Waals surface area contributed by atoms with E-state index in [1.165, 1.54) is 18.4 Å². The van der Waals surface area contributed by atoms with E-state index in [9.17, 15) is 5.11 Å². The molecule has 2 aromatic heterocycles. The van der Waals surface area contributed by atoms with Crippen LogP contribution in [0, 0.1) is 0 Å². The maximum absolute atomic E-state index is 9.49. The van der Waals surface area contributed by atoms with Gasteiger partial charge in [0.15, 0.2) is 0 Å². The van der Waals surface area contributed by atoms with Gasteiger partial charge in [0.2, 0.25) is 0 Å². The zero-order valence-corrected chi connectivity index (χ0v) is 10.3. The first-order valence-electron chi connectivity index (χ1n) is 6.42. The lowest BCUT2D eigenvalue weighted by atomic mass is 9.93. The average molecular weight is 240 g/mol. The van der Waals surface area contributed by atoms with Crippen LogP contribution in [0.3, 0.4) is 0 Å². The van der Waals surface area contributed by atoms with Crippen LogP contribution in [0.4, 0.5) is 0 Å². The van der Waals surface area contributed by atoms with Gasteiger partial charge in [-0.1, -0.05) is 6.07 Å². The first-order valence-corrected chi connectivity index (χ1v) is 6.42. The maximum Gasteiger partial charge on any atom is 0.0860 e. The average Bonchev–Trinajstić information content (AvgIpc) is 2.46. The van der Waals surface area contributed by atoms with Gasteiger partial charge in [-0.25, -0.2) is 0 Å². The standard InChI is InChI=1S/C15H16N2O/c18-10-15-12(14-7-3-4-8-16-14)9-11-5-1-2-6-13(11)17-15/h3-4,7-9,18H,1-2,5-6,10H2. The summed E-state index contributed by atoms with van der Waals surface area (Å²) in [6, 6.07) is 7.98. The largest absolute Gasteiger partial charge is 0.390 e. The number of aromatic nitrogens is 2. The second-order valence-electron chi connectivity index (χ2n) is 4.67. The van der Waals surface area contributed by atoms with Crippen LogP contribution in [0.15, 0.2) is 30.5 Å². The minimum atomic E-state index is -0.0286. The summed E-state index contributed by atoms with van der Waals surface area (Å²) in [7, 11) is 0. The smallest absolute Gasteiger partial charge is 0.0860 e. The van der Waals surface area contributed by atoms with Crippen LogP contribution in [-0.2, 0) is 19.4 Å². The van der Waals surface area contributed by atoms with Crippen molar-refractivity contribution in [2.45, 2.75) is 32.3 Å². The molecule has 0 fully saturated rings. The third-order valence-electron chi connectivity index (χ3n) is 3.47. The van der Waals surface area contributed by atoms with Crippen LogP contribution in [0.5, 0.6) is 0 Å². The van der Waals surface area contributed by atoms with E-state index in [2.05, 4.69) is 16.0 Å². The molecular weight excluding hydrogens is 224 g/mol. The molecule has 0 amide bonds. The molecule has 3 heteroatoms. The maximum atomic E-state index is 9.49. The number of aryl methyl sites for hydroxylation is 2. The van der Waals surface area contributed by atoms with Gasteiger partial charge in [-0.15, -0.1) is 0 Å². The topological polar surface area (TPSA) is 46.0 Å². The van der Waals surface area contributed by atoms with E-state index in [1.54, 1.807) is 6.20 Å². The second kappa shape index (κ2) is 4.86. The van der Waals surface area contributed by atoms with Crippen molar-refractivity contribution in [2.24, 2.45) is 0 Å². The number of fused-ring (bicyclic) bond motifs is 1. The fourth-order valence-corrected chi connectivity index (χ4v) is 2.54. The molecule has 0 unspecified atom stereocenters. The van der Waals surface area contributed by atoms with Crippen LogP contribution >= 0.6 is 0 Å². The molecule has 18 heavy (non-hydrogen) atoms. The fraction of sp³-hybridized carbons (Fsp3) is 0.333. The van der Waals surface area contributed by atoms with E-state index in [1.807, 2.05) is 18.2 Å². The Morgan fingerprint density at radius 3 is 2.83 bits per heavy atom. The molecule has 0 bridgehead atoms. The van der Waals surface area contributed by atoms with Crippen molar-refractivity contribution in [3.05, 3.63) is 47.4 Å². The molecule has 0 spiro atoms. The molecule has 2 aromatic rings. The summed E-state index contributed by atoms with van der Waals surface area (Å²) in [6.45, 7) is -0.0286. The van der Waals surface area contributed by atoms with Gasteiger partial charge in [-0.3, -0.25) is 9.97 Å². The third kappa shape index (κ3) is 2.02. The Morgan fingerprint density at radius 2 is 2.06 bits per heavy atom. The molecule has 0 saturated heterocycles. The van der Waals surface area contributed by atoms with Gasteiger partial charge in [-0.2, -0.15) is 0 Å². The van der Waals surface area contributed by atoms with E-state index in [0.29, 0.717) is 0 Å². The highest BCUT2D eigenvalue weighted by Crippen LogP contribution is 2.27. The zero-order chi connectivity index (χ0) is 12.4. The number of hydrogen-bond acceptors (Lipinski definition) is 3. The Hall–Kier alpha value is -1.74. The van der Waals surface area contributed by atoms with E-state index >= 15 is 0 Å². The molecule has 92 valence electrons. The van der Waals surface area contributed by atoms with Crippen LogP contribution < -0.4 is 0 Å². The van der Waals surface area contributed by atoms with Crippen LogP contribution in [-0.4, -0.2) is 15.1 Å². The molecule has 3 rings (SSSR count). The van der Waals surface area contributed by atoms with E-state index in [-0.39, 0.29) is 6.61 Å². The highest BCUT2D eigenvalue weighted by Gasteiger charge is 2.15. The fourth-order valence-electron chi connectivity index (χ4n) is 2.54. The minimum Gasteiger partial charge on any atom is -0.390 e. The Morgan fingerprint density at radius 1 is 1.17 bits per heavy atom. The van der Waals surface area contributed by atoms with E-state index in [4.69, 9.17) is 0 Å². The number of rotatable bonds is 2. The van der Waals surface area contributed by atoms with Crippen molar-refractivity contribution in [3.63, 3.8) is 0 Å². The van der Waals surface area contributed by atoms with E-state index in [0.717, 1.165) is 35.5 Å². The van der Waals surface area contributed by atoms with Gasteiger partial charge in [-0.05, 0) is 49.4 Å². The van der Waals surface area contributed by atoms with Gasteiger partial charge >= 0.3 is 0 Å². The SMILES string of the molecule is OCc1nc2c(cc1-c1ccccn1)CCCC2.